The average molecular weight is 192 g/mol. The van der Waals surface area contributed by atoms with Crippen LogP contribution >= 0.6 is 0 Å². The Kier molecular flexibility index (Phi) is 2.32. The van der Waals surface area contributed by atoms with Gasteiger partial charge in [0.1, 0.15) is 0 Å². The molecular formula is C5H8N2O4S. The normalized spacial score (nSPS) is 19.8. The van der Waals surface area contributed by atoms with Gasteiger partial charge in [-0.25, -0.2) is 0 Å². The zero-order valence-electron chi connectivity index (χ0n) is 6.64. The fraction of sp³-hybridized carbons (Fsp3) is 0.600. The Morgan fingerprint density at radius 3 is 2.42 bits per heavy atom. The molecule has 0 aromatic carbocycles. The van der Waals surface area contributed by atoms with E-state index in [0.29, 0.717) is 6.61 Å². The number of rotatable bonds is 1. The third-order valence-electron chi connectivity index (χ3n) is 1.05. The topological polar surface area (TPSA) is 77.3 Å². The highest BCUT2D eigenvalue weighted by molar-refractivity contribution is 7.89. The van der Waals surface area contributed by atoms with Gasteiger partial charge in [-0.1, -0.05) is 0 Å². The smallest absolute Gasteiger partial charge is 0.370 e. The highest BCUT2D eigenvalue weighted by Gasteiger charge is 2.26. The predicted molar refractivity (Wildman–Crippen MR) is 42.4 cm³/mol. The van der Waals surface area contributed by atoms with E-state index in [9.17, 15) is 8.42 Å². The molecule has 0 spiro atoms. The fourth-order valence-electron chi connectivity index (χ4n) is 0.657. The summed E-state index contributed by atoms with van der Waals surface area (Å²) in [5, 5.41) is 0. The second-order valence-electron chi connectivity index (χ2n) is 1.88. The van der Waals surface area contributed by atoms with E-state index in [-0.39, 0.29) is 11.8 Å². The van der Waals surface area contributed by atoms with Crippen LogP contribution in [0.2, 0.25) is 0 Å². The van der Waals surface area contributed by atoms with Crippen LogP contribution in [0, 0.1) is 0 Å². The molecule has 0 N–H and O–H groups in total. The summed E-state index contributed by atoms with van der Waals surface area (Å²) in [4.78, 5) is 0. The Balaban J connectivity index is 2.96. The third-order valence-corrected chi connectivity index (χ3v) is 1.85. The molecule has 1 aliphatic heterocycles. The van der Waals surface area contributed by atoms with Gasteiger partial charge >= 0.3 is 10.2 Å². The van der Waals surface area contributed by atoms with E-state index in [2.05, 4.69) is 13.5 Å². The van der Waals surface area contributed by atoms with Crippen LogP contribution in [-0.2, 0) is 19.7 Å². The number of hydrogen-bond acceptors (Lipinski definition) is 4. The van der Waals surface area contributed by atoms with Crippen LogP contribution in [0.3, 0.4) is 0 Å². The first kappa shape index (κ1) is 8.98. The molecule has 1 heterocycles. The van der Waals surface area contributed by atoms with Crippen molar-refractivity contribution in [3.63, 3.8) is 0 Å². The maximum atomic E-state index is 10.8. The molecule has 0 aliphatic carbocycles. The van der Waals surface area contributed by atoms with Crippen molar-refractivity contribution in [1.82, 2.24) is 0 Å². The van der Waals surface area contributed by atoms with Crippen LogP contribution in [-0.4, -0.2) is 33.9 Å². The van der Waals surface area contributed by atoms with Gasteiger partial charge < -0.3 is 9.47 Å². The summed E-state index contributed by atoms with van der Waals surface area (Å²) >= 11 is 0. The lowest BCUT2D eigenvalue weighted by Crippen LogP contribution is -2.16. The first-order valence-corrected chi connectivity index (χ1v) is 4.60. The molecule has 1 aliphatic rings. The Morgan fingerprint density at radius 2 is 1.92 bits per heavy atom. The summed E-state index contributed by atoms with van der Waals surface area (Å²) in [6.07, 6.45) is 0. The summed E-state index contributed by atoms with van der Waals surface area (Å²) < 4.78 is 37.4. The Labute approximate surface area is 70.1 Å². The van der Waals surface area contributed by atoms with E-state index in [1.54, 1.807) is 6.92 Å². The third kappa shape index (κ3) is 1.73. The molecule has 0 atom stereocenters. The first-order valence-electron chi connectivity index (χ1n) is 3.21. The molecule has 68 valence electrons. The molecule has 1 rings (SSSR count). The molecule has 0 unspecified atom stereocenters. The van der Waals surface area contributed by atoms with Crippen molar-refractivity contribution in [2.75, 3.05) is 13.7 Å². The van der Waals surface area contributed by atoms with Gasteiger partial charge in [-0.05, 0) is 6.92 Å². The van der Waals surface area contributed by atoms with Crippen molar-refractivity contribution in [2.24, 2.45) is 8.80 Å². The monoisotopic (exact) mass is 192 g/mol. The minimum absolute atomic E-state index is 0.0833. The minimum atomic E-state index is -3.75. The van der Waals surface area contributed by atoms with Gasteiger partial charge in [0.05, 0.1) is 13.7 Å². The fourth-order valence-corrected chi connectivity index (χ4v) is 1.40. The number of nitrogens with zero attached hydrogens (tertiary/aromatic N) is 2. The highest BCUT2D eigenvalue weighted by atomic mass is 32.2. The first-order chi connectivity index (χ1) is 5.59. The molecule has 0 saturated heterocycles. The van der Waals surface area contributed by atoms with Gasteiger partial charge in [-0.2, -0.15) is 8.42 Å². The molecule has 0 fully saturated rings. The molecule has 7 heteroatoms. The molecule has 0 aromatic heterocycles. The molecular weight excluding hydrogens is 184 g/mol. The van der Waals surface area contributed by atoms with E-state index in [1.165, 1.54) is 7.11 Å². The van der Waals surface area contributed by atoms with E-state index in [4.69, 9.17) is 4.74 Å². The minimum Gasteiger partial charge on any atom is -0.477 e. The van der Waals surface area contributed by atoms with Crippen molar-refractivity contribution in [1.29, 1.82) is 0 Å². The standard InChI is InChI=1S/C5H8N2O4S/c1-3-11-5-4(10-2)6-12(8,9)7-5/h3H2,1-2H3. The number of hydrogen-bond donors (Lipinski definition) is 0. The predicted octanol–water partition coefficient (Wildman–Crippen LogP) is -0.275. The van der Waals surface area contributed by atoms with Crippen LogP contribution < -0.4 is 0 Å². The van der Waals surface area contributed by atoms with Crippen molar-refractivity contribution in [3.8, 4) is 0 Å². The van der Waals surface area contributed by atoms with Gasteiger partial charge in [-0.3, -0.25) is 0 Å². The number of ether oxygens (including phenoxy) is 2. The van der Waals surface area contributed by atoms with Crippen LogP contribution in [0.15, 0.2) is 8.80 Å². The second-order valence-corrected chi connectivity index (χ2v) is 3.14. The van der Waals surface area contributed by atoms with Crippen molar-refractivity contribution >= 4 is 22.0 Å². The Morgan fingerprint density at radius 1 is 1.33 bits per heavy atom. The Bertz CT molecular complexity index is 329. The molecule has 0 radical (unpaired) electrons. The van der Waals surface area contributed by atoms with E-state index < -0.39 is 10.2 Å². The lowest BCUT2D eigenvalue weighted by molar-refractivity contribution is 0.319. The lowest BCUT2D eigenvalue weighted by atomic mass is 10.6. The van der Waals surface area contributed by atoms with E-state index in [0.717, 1.165) is 0 Å². The van der Waals surface area contributed by atoms with Gasteiger partial charge in [0.2, 0.25) is 0 Å². The molecule has 6 nitrogen and oxygen atoms in total. The van der Waals surface area contributed by atoms with Crippen molar-refractivity contribution < 1.29 is 17.9 Å². The zero-order chi connectivity index (χ0) is 9.19. The second kappa shape index (κ2) is 3.10. The maximum Gasteiger partial charge on any atom is 0.370 e. The molecule has 0 saturated carbocycles. The molecule has 0 aromatic rings. The largest absolute Gasteiger partial charge is 0.477 e. The summed E-state index contributed by atoms with van der Waals surface area (Å²) in [7, 11) is -2.45. The van der Waals surface area contributed by atoms with Gasteiger partial charge in [0, 0.05) is 0 Å². The molecule has 0 bridgehead atoms. The lowest BCUT2D eigenvalue weighted by Gasteiger charge is -2.00. The van der Waals surface area contributed by atoms with Crippen LogP contribution in [0.4, 0.5) is 0 Å². The highest BCUT2D eigenvalue weighted by Crippen LogP contribution is 2.08. The average Bonchev–Trinajstić information content (AvgIpc) is 2.26. The molecule has 0 amide bonds. The van der Waals surface area contributed by atoms with Gasteiger partial charge in [-0.15, -0.1) is 8.80 Å². The van der Waals surface area contributed by atoms with Gasteiger partial charge in [0.15, 0.2) is 0 Å². The van der Waals surface area contributed by atoms with Crippen LogP contribution in [0.1, 0.15) is 6.92 Å². The van der Waals surface area contributed by atoms with Crippen LogP contribution in [0.5, 0.6) is 0 Å². The van der Waals surface area contributed by atoms with Gasteiger partial charge in [0.25, 0.3) is 11.8 Å². The quantitative estimate of drug-likeness (QED) is 0.572. The van der Waals surface area contributed by atoms with Crippen molar-refractivity contribution in [3.05, 3.63) is 0 Å². The van der Waals surface area contributed by atoms with Crippen LogP contribution in [0.25, 0.3) is 0 Å². The van der Waals surface area contributed by atoms with Crippen molar-refractivity contribution in [2.45, 2.75) is 6.92 Å². The summed E-state index contributed by atoms with van der Waals surface area (Å²) in [5.74, 6) is -0.183. The molecule has 12 heavy (non-hydrogen) atoms. The van der Waals surface area contributed by atoms with E-state index >= 15 is 0 Å². The SMILES string of the molecule is CCOC1=NS(=O)(=O)N=C1OC. The Hall–Kier alpha value is -1.11. The summed E-state index contributed by atoms with van der Waals surface area (Å²) in [5.41, 5.74) is 0. The number of methoxy groups -OCH3 is 1. The summed E-state index contributed by atoms with van der Waals surface area (Å²) in [6.45, 7) is 2.03. The maximum absolute atomic E-state index is 10.8. The van der Waals surface area contributed by atoms with E-state index in [1.807, 2.05) is 0 Å². The summed E-state index contributed by atoms with van der Waals surface area (Å²) in [6, 6.07) is 0. The zero-order valence-corrected chi connectivity index (χ0v) is 7.46.